The Balaban J connectivity index is 1.73. The van der Waals surface area contributed by atoms with Crippen molar-refractivity contribution >= 4 is 11.8 Å². The fourth-order valence-corrected chi connectivity index (χ4v) is 2.92. The first kappa shape index (κ1) is 16.2. The van der Waals surface area contributed by atoms with Crippen LogP contribution in [-0.4, -0.2) is 38.9 Å². The molecule has 1 saturated heterocycles. The Morgan fingerprint density at radius 3 is 2.96 bits per heavy atom. The maximum Gasteiger partial charge on any atom is 0.273 e. The molecule has 3 rings (SSSR count). The molecule has 2 amide bonds. The van der Waals surface area contributed by atoms with E-state index >= 15 is 0 Å². The minimum Gasteiger partial charge on any atom is -0.352 e. The molecular formula is C17H21N5O2. The molecule has 2 unspecified atom stereocenters. The third-order valence-corrected chi connectivity index (χ3v) is 4.34. The molecular weight excluding hydrogens is 306 g/mol. The average molecular weight is 327 g/mol. The Kier molecular flexibility index (Phi) is 4.59. The molecule has 2 aromatic rings. The van der Waals surface area contributed by atoms with Crippen molar-refractivity contribution in [1.29, 1.82) is 0 Å². The van der Waals surface area contributed by atoms with E-state index in [1.807, 2.05) is 31.2 Å². The second kappa shape index (κ2) is 6.82. The largest absolute Gasteiger partial charge is 0.352 e. The molecule has 7 nitrogen and oxygen atoms in total. The third kappa shape index (κ3) is 3.29. The monoisotopic (exact) mass is 327 g/mol. The molecule has 0 bridgehead atoms. The molecule has 0 radical (unpaired) electrons. The zero-order valence-electron chi connectivity index (χ0n) is 13.8. The zero-order chi connectivity index (χ0) is 17.1. The molecule has 0 aliphatic carbocycles. The van der Waals surface area contributed by atoms with Crippen LogP contribution in [0.25, 0.3) is 5.69 Å². The Hall–Kier alpha value is -2.70. The van der Waals surface area contributed by atoms with Crippen molar-refractivity contribution in [2.75, 3.05) is 0 Å². The van der Waals surface area contributed by atoms with Gasteiger partial charge in [0.1, 0.15) is 0 Å². The van der Waals surface area contributed by atoms with Gasteiger partial charge in [-0.3, -0.25) is 9.59 Å². The lowest BCUT2D eigenvalue weighted by Gasteiger charge is -2.29. The highest BCUT2D eigenvalue weighted by Gasteiger charge is 2.27. The molecule has 126 valence electrons. The standard InChI is InChI=1S/C17H21N5O2/c1-3-12-6-4-5-7-15(12)22-10-14(20-21-22)17(24)19-13-8-9-16(23)18-11(13)2/h4-7,10-11,13H,3,8-9H2,1-2H3,(H,18,23)(H,19,24). The van der Waals surface area contributed by atoms with Crippen molar-refractivity contribution in [1.82, 2.24) is 25.6 Å². The molecule has 7 heteroatoms. The molecule has 0 spiro atoms. The van der Waals surface area contributed by atoms with Gasteiger partial charge < -0.3 is 10.6 Å². The van der Waals surface area contributed by atoms with E-state index in [1.165, 1.54) is 0 Å². The van der Waals surface area contributed by atoms with Crippen LogP contribution in [0.15, 0.2) is 30.5 Å². The first-order chi connectivity index (χ1) is 11.6. The van der Waals surface area contributed by atoms with Crippen LogP contribution in [0.3, 0.4) is 0 Å². The molecule has 24 heavy (non-hydrogen) atoms. The number of nitrogens with one attached hydrogen (secondary N) is 2. The summed E-state index contributed by atoms with van der Waals surface area (Å²) in [5, 5.41) is 13.8. The van der Waals surface area contributed by atoms with E-state index in [9.17, 15) is 9.59 Å². The Bertz CT molecular complexity index is 755. The van der Waals surface area contributed by atoms with E-state index in [0.717, 1.165) is 17.7 Å². The first-order valence-electron chi connectivity index (χ1n) is 8.19. The number of hydrogen-bond donors (Lipinski definition) is 2. The van der Waals surface area contributed by atoms with Crippen molar-refractivity contribution in [3.8, 4) is 5.69 Å². The number of carbonyl (C=O) groups excluding carboxylic acids is 2. The SMILES string of the molecule is CCc1ccccc1-n1cc(C(=O)NC2CCC(=O)NC2C)nn1. The second-order valence-corrected chi connectivity index (χ2v) is 6.01. The number of piperidine rings is 1. The van der Waals surface area contributed by atoms with Crippen LogP contribution in [0.2, 0.25) is 0 Å². The number of nitrogens with zero attached hydrogens (tertiary/aromatic N) is 3. The number of aryl methyl sites for hydroxylation is 1. The lowest BCUT2D eigenvalue weighted by Crippen LogP contribution is -2.54. The van der Waals surface area contributed by atoms with Gasteiger partial charge in [0.25, 0.3) is 5.91 Å². The zero-order valence-corrected chi connectivity index (χ0v) is 13.8. The summed E-state index contributed by atoms with van der Waals surface area (Å²) in [6, 6.07) is 7.71. The van der Waals surface area contributed by atoms with Crippen LogP contribution in [0.1, 0.15) is 42.7 Å². The number of hydrogen-bond acceptors (Lipinski definition) is 4. The summed E-state index contributed by atoms with van der Waals surface area (Å²) in [5.41, 5.74) is 2.33. The highest BCUT2D eigenvalue weighted by molar-refractivity contribution is 5.92. The Labute approximate surface area is 140 Å². The van der Waals surface area contributed by atoms with Gasteiger partial charge in [-0.2, -0.15) is 0 Å². The van der Waals surface area contributed by atoms with Crippen LogP contribution >= 0.6 is 0 Å². The summed E-state index contributed by atoms with van der Waals surface area (Å²) < 4.78 is 1.62. The van der Waals surface area contributed by atoms with Gasteiger partial charge in [-0.05, 0) is 31.4 Å². The van der Waals surface area contributed by atoms with Gasteiger partial charge in [0.2, 0.25) is 5.91 Å². The molecule has 1 aromatic heterocycles. The van der Waals surface area contributed by atoms with Crippen molar-refractivity contribution in [2.45, 2.75) is 45.2 Å². The van der Waals surface area contributed by atoms with Crippen molar-refractivity contribution in [3.63, 3.8) is 0 Å². The number of amides is 2. The van der Waals surface area contributed by atoms with E-state index in [1.54, 1.807) is 10.9 Å². The summed E-state index contributed by atoms with van der Waals surface area (Å²) in [4.78, 5) is 23.7. The van der Waals surface area contributed by atoms with Gasteiger partial charge in [-0.1, -0.05) is 30.3 Å². The van der Waals surface area contributed by atoms with Gasteiger partial charge in [0.05, 0.1) is 11.9 Å². The number of para-hydroxylation sites is 1. The predicted molar refractivity (Wildman–Crippen MR) is 88.8 cm³/mol. The van der Waals surface area contributed by atoms with Crippen molar-refractivity contribution in [3.05, 3.63) is 41.7 Å². The molecule has 1 aliphatic heterocycles. The van der Waals surface area contributed by atoms with Gasteiger partial charge in [0, 0.05) is 18.5 Å². The molecule has 0 saturated carbocycles. The van der Waals surface area contributed by atoms with Crippen molar-refractivity contribution < 1.29 is 9.59 Å². The summed E-state index contributed by atoms with van der Waals surface area (Å²) in [5.74, 6) is -0.252. The van der Waals surface area contributed by atoms with E-state index in [-0.39, 0.29) is 29.6 Å². The lowest BCUT2D eigenvalue weighted by molar-refractivity contribution is -0.123. The average Bonchev–Trinajstić information content (AvgIpc) is 3.07. The maximum absolute atomic E-state index is 12.4. The Morgan fingerprint density at radius 1 is 1.42 bits per heavy atom. The van der Waals surface area contributed by atoms with Crippen molar-refractivity contribution in [2.24, 2.45) is 0 Å². The number of carbonyl (C=O) groups is 2. The fourth-order valence-electron chi connectivity index (χ4n) is 2.92. The number of benzene rings is 1. The van der Waals surface area contributed by atoms with Gasteiger partial charge in [0.15, 0.2) is 5.69 Å². The first-order valence-corrected chi connectivity index (χ1v) is 8.19. The lowest BCUT2D eigenvalue weighted by atomic mass is 9.99. The van der Waals surface area contributed by atoms with E-state index in [0.29, 0.717) is 12.8 Å². The predicted octanol–water partition coefficient (Wildman–Crippen LogP) is 1.23. The second-order valence-electron chi connectivity index (χ2n) is 6.01. The minimum atomic E-state index is -0.275. The molecule has 2 N–H and O–H groups in total. The molecule has 2 atom stereocenters. The fraction of sp³-hybridized carbons (Fsp3) is 0.412. The minimum absolute atomic E-state index is 0.0233. The maximum atomic E-state index is 12.4. The van der Waals surface area contributed by atoms with E-state index < -0.39 is 0 Å². The van der Waals surface area contributed by atoms with Crippen LogP contribution in [-0.2, 0) is 11.2 Å². The quantitative estimate of drug-likeness (QED) is 0.884. The highest BCUT2D eigenvalue weighted by atomic mass is 16.2. The van der Waals surface area contributed by atoms with Crippen LogP contribution < -0.4 is 10.6 Å². The smallest absolute Gasteiger partial charge is 0.273 e. The summed E-state index contributed by atoms with van der Waals surface area (Å²) >= 11 is 0. The van der Waals surface area contributed by atoms with E-state index in [4.69, 9.17) is 0 Å². The molecule has 1 aromatic carbocycles. The third-order valence-electron chi connectivity index (χ3n) is 4.34. The normalized spacial score (nSPS) is 20.5. The number of aromatic nitrogens is 3. The molecule has 2 heterocycles. The summed E-state index contributed by atoms with van der Waals surface area (Å²) in [6.07, 6.45) is 3.56. The van der Waals surface area contributed by atoms with Gasteiger partial charge >= 0.3 is 0 Å². The summed E-state index contributed by atoms with van der Waals surface area (Å²) in [7, 11) is 0. The van der Waals surface area contributed by atoms with E-state index in [2.05, 4.69) is 27.9 Å². The number of rotatable bonds is 4. The van der Waals surface area contributed by atoms with Crippen LogP contribution in [0, 0.1) is 0 Å². The Morgan fingerprint density at radius 2 is 2.21 bits per heavy atom. The van der Waals surface area contributed by atoms with Crippen LogP contribution in [0.5, 0.6) is 0 Å². The van der Waals surface area contributed by atoms with Gasteiger partial charge in [-0.25, -0.2) is 4.68 Å². The molecule has 1 aliphatic rings. The van der Waals surface area contributed by atoms with Gasteiger partial charge in [-0.15, -0.1) is 5.10 Å². The molecule has 1 fully saturated rings. The summed E-state index contributed by atoms with van der Waals surface area (Å²) in [6.45, 7) is 3.96. The highest BCUT2D eigenvalue weighted by Crippen LogP contribution is 2.15. The van der Waals surface area contributed by atoms with Crippen LogP contribution in [0.4, 0.5) is 0 Å². The topological polar surface area (TPSA) is 88.9 Å².